The minimum absolute atomic E-state index is 0.00829. The molecule has 1 aliphatic heterocycles. The molecule has 78 valence electrons. The lowest BCUT2D eigenvalue weighted by Crippen LogP contribution is -2.27. The molecule has 0 aromatic heterocycles. The van der Waals surface area contributed by atoms with Gasteiger partial charge in [0.1, 0.15) is 0 Å². The summed E-state index contributed by atoms with van der Waals surface area (Å²) < 4.78 is 48.5. The summed E-state index contributed by atoms with van der Waals surface area (Å²) in [4.78, 5) is 0. The fourth-order valence-electron chi connectivity index (χ4n) is 1.28. The largest absolute Gasteiger partial charge is 0.266 e. The number of rotatable bonds is 2. The molecule has 0 radical (unpaired) electrons. The number of hydrogen-bond acceptors (Lipinski definition) is 5. The molecule has 1 aliphatic rings. The first kappa shape index (κ1) is 10.9. The second kappa shape index (κ2) is 3.21. The molecule has 0 N–H and O–H groups in total. The zero-order valence-electron chi connectivity index (χ0n) is 7.43. The van der Waals surface area contributed by atoms with Gasteiger partial charge in [-0.25, -0.2) is 8.42 Å². The molecule has 13 heavy (non-hydrogen) atoms. The maximum atomic E-state index is 11.2. The van der Waals surface area contributed by atoms with Crippen LogP contribution in [0.1, 0.15) is 13.3 Å². The van der Waals surface area contributed by atoms with Gasteiger partial charge in [-0.2, -0.15) is 8.42 Å². The van der Waals surface area contributed by atoms with Crippen LogP contribution in [0.5, 0.6) is 0 Å². The molecule has 0 spiro atoms. The van der Waals surface area contributed by atoms with Crippen molar-refractivity contribution in [3.05, 3.63) is 0 Å². The van der Waals surface area contributed by atoms with Gasteiger partial charge in [0.05, 0.1) is 23.4 Å². The average Bonchev–Trinajstić information content (AvgIpc) is 2.13. The van der Waals surface area contributed by atoms with E-state index < -0.39 is 31.3 Å². The minimum Gasteiger partial charge on any atom is -0.266 e. The highest BCUT2D eigenvalue weighted by molar-refractivity contribution is 7.92. The van der Waals surface area contributed by atoms with Crippen LogP contribution in [0.25, 0.3) is 0 Å². The molecule has 0 bridgehead atoms. The smallest absolute Gasteiger partial charge is 0.264 e. The Hall–Kier alpha value is -0.140. The third-order valence-corrected chi connectivity index (χ3v) is 4.91. The van der Waals surface area contributed by atoms with E-state index in [1.165, 1.54) is 6.92 Å². The Morgan fingerprint density at radius 1 is 1.38 bits per heavy atom. The Kier molecular flexibility index (Phi) is 2.70. The van der Waals surface area contributed by atoms with Crippen molar-refractivity contribution in [2.45, 2.75) is 24.7 Å². The standard InChI is InChI=1S/C6H12O5S2/c1-5-6(11-12(2,7)8)3-4-13(5,9)10/h5-6H,3-4H2,1-2H3. The molecule has 5 nitrogen and oxygen atoms in total. The van der Waals surface area contributed by atoms with E-state index in [0.717, 1.165) is 6.26 Å². The van der Waals surface area contributed by atoms with Crippen molar-refractivity contribution >= 4 is 20.0 Å². The summed E-state index contributed by atoms with van der Waals surface area (Å²) in [5, 5.41) is -0.720. The maximum absolute atomic E-state index is 11.2. The highest BCUT2D eigenvalue weighted by Gasteiger charge is 2.39. The Morgan fingerprint density at radius 3 is 2.23 bits per heavy atom. The molecule has 0 amide bonds. The molecule has 1 heterocycles. The topological polar surface area (TPSA) is 77.5 Å². The van der Waals surface area contributed by atoms with E-state index in [0.29, 0.717) is 0 Å². The predicted octanol–water partition coefficient (Wildman–Crippen LogP) is -0.462. The average molecular weight is 228 g/mol. The van der Waals surface area contributed by atoms with Crippen molar-refractivity contribution in [1.82, 2.24) is 0 Å². The zero-order chi connectivity index (χ0) is 10.3. The van der Waals surface area contributed by atoms with Crippen molar-refractivity contribution in [2.75, 3.05) is 12.0 Å². The fourth-order valence-corrected chi connectivity index (χ4v) is 3.65. The fraction of sp³-hybridized carbons (Fsp3) is 1.00. The lowest BCUT2D eigenvalue weighted by Gasteiger charge is -2.12. The van der Waals surface area contributed by atoms with Gasteiger partial charge in [0, 0.05) is 0 Å². The third kappa shape index (κ3) is 2.65. The van der Waals surface area contributed by atoms with Gasteiger partial charge in [-0.05, 0) is 13.3 Å². The van der Waals surface area contributed by atoms with E-state index in [1.54, 1.807) is 0 Å². The molecule has 1 rings (SSSR count). The van der Waals surface area contributed by atoms with Crippen molar-refractivity contribution in [3.63, 3.8) is 0 Å². The van der Waals surface area contributed by atoms with Crippen LogP contribution in [0.2, 0.25) is 0 Å². The summed E-state index contributed by atoms with van der Waals surface area (Å²) in [6.45, 7) is 1.47. The maximum Gasteiger partial charge on any atom is 0.264 e. The van der Waals surface area contributed by atoms with Gasteiger partial charge < -0.3 is 0 Å². The molecule has 2 atom stereocenters. The highest BCUT2D eigenvalue weighted by atomic mass is 32.2. The molecule has 7 heteroatoms. The van der Waals surface area contributed by atoms with E-state index in [4.69, 9.17) is 0 Å². The molecule has 2 unspecified atom stereocenters. The normalized spacial score (nSPS) is 33.4. The third-order valence-electron chi connectivity index (χ3n) is 2.08. The van der Waals surface area contributed by atoms with Crippen LogP contribution in [0.3, 0.4) is 0 Å². The van der Waals surface area contributed by atoms with Crippen molar-refractivity contribution in [1.29, 1.82) is 0 Å². The van der Waals surface area contributed by atoms with Crippen LogP contribution in [0, 0.1) is 0 Å². The van der Waals surface area contributed by atoms with E-state index in [9.17, 15) is 16.8 Å². The van der Waals surface area contributed by atoms with Crippen LogP contribution < -0.4 is 0 Å². The summed E-state index contributed by atoms with van der Waals surface area (Å²) in [6, 6.07) is 0. The molecule has 1 fully saturated rings. The molecule has 0 aromatic rings. The van der Waals surface area contributed by atoms with Gasteiger partial charge in [0.25, 0.3) is 10.1 Å². The first-order valence-electron chi connectivity index (χ1n) is 3.82. The van der Waals surface area contributed by atoms with Crippen molar-refractivity contribution < 1.29 is 21.0 Å². The van der Waals surface area contributed by atoms with Crippen LogP contribution in [0.15, 0.2) is 0 Å². The first-order valence-corrected chi connectivity index (χ1v) is 7.35. The SMILES string of the molecule is CC1C(OS(C)(=O)=O)CCS1(=O)=O. The Labute approximate surface area is 78.1 Å². The Morgan fingerprint density at radius 2 is 1.92 bits per heavy atom. The summed E-state index contributed by atoms with van der Waals surface area (Å²) >= 11 is 0. The monoisotopic (exact) mass is 228 g/mol. The Bertz CT molecular complexity index is 379. The summed E-state index contributed by atoms with van der Waals surface area (Å²) in [5.74, 6) is 0.00829. The molecule has 1 saturated heterocycles. The van der Waals surface area contributed by atoms with Crippen molar-refractivity contribution in [2.24, 2.45) is 0 Å². The molecular formula is C6H12O5S2. The summed E-state index contributed by atoms with van der Waals surface area (Å²) in [6.07, 6.45) is 0.473. The Balaban J connectivity index is 2.78. The van der Waals surface area contributed by atoms with E-state index in [1.807, 2.05) is 0 Å². The minimum atomic E-state index is -3.56. The second-order valence-electron chi connectivity index (χ2n) is 3.20. The summed E-state index contributed by atoms with van der Waals surface area (Å²) in [7, 11) is -6.69. The second-order valence-corrected chi connectivity index (χ2v) is 7.28. The van der Waals surface area contributed by atoms with Gasteiger partial charge >= 0.3 is 0 Å². The van der Waals surface area contributed by atoms with Crippen LogP contribution in [-0.4, -0.2) is 40.2 Å². The van der Waals surface area contributed by atoms with E-state index in [2.05, 4.69) is 4.18 Å². The molecule has 0 saturated carbocycles. The quantitative estimate of drug-likeness (QED) is 0.598. The van der Waals surface area contributed by atoms with Crippen LogP contribution in [-0.2, 0) is 24.1 Å². The molecule has 0 aliphatic carbocycles. The molecule has 0 aromatic carbocycles. The van der Waals surface area contributed by atoms with Gasteiger partial charge in [0.2, 0.25) is 0 Å². The zero-order valence-corrected chi connectivity index (χ0v) is 9.06. The van der Waals surface area contributed by atoms with E-state index >= 15 is 0 Å². The van der Waals surface area contributed by atoms with Gasteiger partial charge in [-0.1, -0.05) is 0 Å². The number of sulfone groups is 1. The van der Waals surface area contributed by atoms with E-state index in [-0.39, 0.29) is 12.2 Å². The lowest BCUT2D eigenvalue weighted by atomic mass is 10.2. The van der Waals surface area contributed by atoms with Gasteiger partial charge in [-0.3, -0.25) is 4.18 Å². The lowest BCUT2D eigenvalue weighted by molar-refractivity contribution is 0.215. The number of hydrogen-bond donors (Lipinski definition) is 0. The van der Waals surface area contributed by atoms with Crippen LogP contribution >= 0.6 is 0 Å². The first-order chi connectivity index (χ1) is 5.72. The molecular weight excluding hydrogens is 216 g/mol. The highest BCUT2D eigenvalue weighted by Crippen LogP contribution is 2.24. The van der Waals surface area contributed by atoms with Crippen molar-refractivity contribution in [3.8, 4) is 0 Å². The van der Waals surface area contributed by atoms with Crippen LogP contribution in [0.4, 0.5) is 0 Å². The van der Waals surface area contributed by atoms with Gasteiger partial charge in [0.15, 0.2) is 9.84 Å². The summed E-state index contributed by atoms with van der Waals surface area (Å²) in [5.41, 5.74) is 0. The van der Waals surface area contributed by atoms with Gasteiger partial charge in [-0.15, -0.1) is 0 Å². The predicted molar refractivity (Wildman–Crippen MR) is 47.6 cm³/mol.